The fourth-order valence-electron chi connectivity index (χ4n) is 1.28. The van der Waals surface area contributed by atoms with Crippen LogP contribution in [0.4, 0.5) is 5.69 Å². The topological polar surface area (TPSA) is 25.4 Å². The zero-order chi connectivity index (χ0) is 7.68. The summed E-state index contributed by atoms with van der Waals surface area (Å²) < 4.78 is 0. The van der Waals surface area contributed by atoms with E-state index in [0.717, 1.165) is 18.7 Å². The first-order valence-electron chi connectivity index (χ1n) is 3.67. The van der Waals surface area contributed by atoms with Gasteiger partial charge in [-0.25, -0.2) is 0 Å². The highest BCUT2D eigenvalue weighted by molar-refractivity contribution is 5.50. The van der Waals surface area contributed by atoms with Gasteiger partial charge in [0.2, 0.25) is 0 Å². The Morgan fingerprint density at radius 2 is 2.55 bits per heavy atom. The van der Waals surface area contributed by atoms with Gasteiger partial charge >= 0.3 is 0 Å². The number of hydroxylamine groups is 1. The summed E-state index contributed by atoms with van der Waals surface area (Å²) >= 11 is 0. The van der Waals surface area contributed by atoms with Crippen molar-refractivity contribution in [3.63, 3.8) is 0 Å². The standard InChI is InChI=1S/C8H10N2O/c1-10-8-2-4-9-6-7(8)3-5-11-10/h2,4,6H,3,5H2,1H3. The van der Waals surface area contributed by atoms with Crippen LogP contribution in [0.1, 0.15) is 5.56 Å². The van der Waals surface area contributed by atoms with Gasteiger partial charge in [-0.1, -0.05) is 0 Å². The lowest BCUT2D eigenvalue weighted by molar-refractivity contribution is 0.114. The molecule has 0 unspecified atom stereocenters. The first kappa shape index (κ1) is 6.61. The third-order valence-electron chi connectivity index (χ3n) is 1.87. The monoisotopic (exact) mass is 150 g/mol. The van der Waals surface area contributed by atoms with E-state index in [2.05, 4.69) is 4.98 Å². The molecule has 3 heteroatoms. The fraction of sp³-hybridized carbons (Fsp3) is 0.375. The van der Waals surface area contributed by atoms with Crippen molar-refractivity contribution >= 4 is 5.69 Å². The molecule has 1 aliphatic heterocycles. The number of pyridine rings is 1. The summed E-state index contributed by atoms with van der Waals surface area (Å²) in [7, 11) is 1.91. The average Bonchev–Trinajstić information content (AvgIpc) is 2.06. The van der Waals surface area contributed by atoms with Gasteiger partial charge in [0, 0.05) is 25.9 Å². The van der Waals surface area contributed by atoms with E-state index in [0.29, 0.717) is 0 Å². The molecule has 0 N–H and O–H groups in total. The van der Waals surface area contributed by atoms with Gasteiger partial charge < -0.3 is 0 Å². The fourth-order valence-corrected chi connectivity index (χ4v) is 1.28. The Morgan fingerprint density at radius 3 is 3.36 bits per heavy atom. The number of anilines is 1. The van der Waals surface area contributed by atoms with Crippen LogP contribution in [0, 0.1) is 0 Å². The summed E-state index contributed by atoms with van der Waals surface area (Å²) in [5.74, 6) is 0. The summed E-state index contributed by atoms with van der Waals surface area (Å²) in [5.41, 5.74) is 2.40. The number of aromatic nitrogens is 1. The second kappa shape index (κ2) is 2.51. The second-order valence-electron chi connectivity index (χ2n) is 2.59. The molecule has 0 spiro atoms. The third-order valence-corrected chi connectivity index (χ3v) is 1.87. The maximum absolute atomic E-state index is 5.31. The van der Waals surface area contributed by atoms with Gasteiger partial charge in [-0.05, 0) is 11.6 Å². The van der Waals surface area contributed by atoms with Crippen LogP contribution in [0.2, 0.25) is 0 Å². The number of hydrogen-bond donors (Lipinski definition) is 0. The summed E-state index contributed by atoms with van der Waals surface area (Å²) in [6.45, 7) is 0.759. The molecule has 3 nitrogen and oxygen atoms in total. The summed E-state index contributed by atoms with van der Waals surface area (Å²) in [6, 6.07) is 1.97. The summed E-state index contributed by atoms with van der Waals surface area (Å²) in [6.07, 6.45) is 4.64. The largest absolute Gasteiger partial charge is 0.273 e. The Hall–Kier alpha value is -1.09. The van der Waals surface area contributed by atoms with Crippen LogP contribution in [0.15, 0.2) is 18.5 Å². The lowest BCUT2D eigenvalue weighted by atomic mass is 10.1. The molecule has 0 fully saturated rings. The van der Waals surface area contributed by atoms with Crippen molar-refractivity contribution in [2.24, 2.45) is 0 Å². The van der Waals surface area contributed by atoms with Crippen LogP contribution in [0.5, 0.6) is 0 Å². The quantitative estimate of drug-likeness (QED) is 0.551. The molecule has 2 heterocycles. The number of nitrogens with zero attached hydrogens (tertiary/aromatic N) is 2. The normalized spacial score (nSPS) is 16.3. The maximum Gasteiger partial charge on any atom is 0.0790 e. The maximum atomic E-state index is 5.31. The van der Waals surface area contributed by atoms with Crippen molar-refractivity contribution in [2.45, 2.75) is 6.42 Å². The van der Waals surface area contributed by atoms with Crippen LogP contribution in [-0.2, 0) is 11.3 Å². The lowest BCUT2D eigenvalue weighted by Crippen LogP contribution is -2.25. The molecule has 0 saturated heterocycles. The molecule has 11 heavy (non-hydrogen) atoms. The van der Waals surface area contributed by atoms with Crippen LogP contribution >= 0.6 is 0 Å². The third kappa shape index (κ3) is 1.07. The van der Waals surface area contributed by atoms with Gasteiger partial charge in [0.25, 0.3) is 0 Å². The van der Waals surface area contributed by atoms with Crippen LogP contribution in [-0.4, -0.2) is 18.6 Å². The van der Waals surface area contributed by atoms with Crippen molar-refractivity contribution in [2.75, 3.05) is 18.7 Å². The van der Waals surface area contributed by atoms with E-state index in [1.807, 2.05) is 19.3 Å². The lowest BCUT2D eigenvalue weighted by Gasteiger charge is -2.25. The average molecular weight is 150 g/mol. The van der Waals surface area contributed by atoms with Gasteiger partial charge in [-0.15, -0.1) is 0 Å². The first-order valence-corrected chi connectivity index (χ1v) is 3.67. The molecular weight excluding hydrogens is 140 g/mol. The zero-order valence-electron chi connectivity index (χ0n) is 6.45. The predicted molar refractivity (Wildman–Crippen MR) is 42.3 cm³/mol. The molecule has 58 valence electrons. The minimum atomic E-state index is 0.759. The van der Waals surface area contributed by atoms with E-state index in [1.54, 1.807) is 11.3 Å². The molecule has 0 aliphatic carbocycles. The van der Waals surface area contributed by atoms with Crippen LogP contribution in [0.3, 0.4) is 0 Å². The summed E-state index contributed by atoms with van der Waals surface area (Å²) in [5, 5.41) is 1.79. The molecule has 2 rings (SSSR count). The van der Waals surface area contributed by atoms with Gasteiger partial charge in [-0.2, -0.15) is 0 Å². The number of rotatable bonds is 0. The van der Waals surface area contributed by atoms with Crippen LogP contribution < -0.4 is 5.06 Å². The highest BCUT2D eigenvalue weighted by Crippen LogP contribution is 2.22. The highest BCUT2D eigenvalue weighted by atomic mass is 16.7. The van der Waals surface area contributed by atoms with Crippen LogP contribution in [0.25, 0.3) is 0 Å². The molecule has 0 atom stereocenters. The van der Waals surface area contributed by atoms with Gasteiger partial charge in [-0.3, -0.25) is 14.9 Å². The molecule has 0 saturated carbocycles. The molecular formula is C8H10N2O. The smallest absolute Gasteiger partial charge is 0.0790 e. The zero-order valence-corrected chi connectivity index (χ0v) is 6.45. The minimum absolute atomic E-state index is 0.759. The van der Waals surface area contributed by atoms with E-state index >= 15 is 0 Å². The van der Waals surface area contributed by atoms with Crippen molar-refractivity contribution in [3.05, 3.63) is 24.0 Å². The minimum Gasteiger partial charge on any atom is -0.273 e. The number of fused-ring (bicyclic) bond motifs is 1. The van der Waals surface area contributed by atoms with E-state index in [4.69, 9.17) is 4.84 Å². The Kier molecular flexibility index (Phi) is 1.51. The van der Waals surface area contributed by atoms with E-state index in [1.165, 1.54) is 5.56 Å². The van der Waals surface area contributed by atoms with E-state index in [-0.39, 0.29) is 0 Å². The highest BCUT2D eigenvalue weighted by Gasteiger charge is 2.12. The molecule has 0 amide bonds. The molecule has 1 aromatic heterocycles. The number of hydrogen-bond acceptors (Lipinski definition) is 3. The molecule has 0 bridgehead atoms. The molecule has 1 aromatic rings. The first-order chi connectivity index (χ1) is 5.38. The van der Waals surface area contributed by atoms with Gasteiger partial charge in [0.1, 0.15) is 0 Å². The summed E-state index contributed by atoms with van der Waals surface area (Å²) in [4.78, 5) is 9.36. The van der Waals surface area contributed by atoms with Gasteiger partial charge in [0.15, 0.2) is 0 Å². The Morgan fingerprint density at radius 1 is 1.64 bits per heavy atom. The SMILES string of the molecule is CN1OCCc2cnccc21. The van der Waals surface area contributed by atoms with Gasteiger partial charge in [0.05, 0.1) is 12.3 Å². The molecule has 1 aliphatic rings. The van der Waals surface area contributed by atoms with Crippen molar-refractivity contribution in [3.8, 4) is 0 Å². The van der Waals surface area contributed by atoms with Crippen molar-refractivity contribution in [1.29, 1.82) is 0 Å². The van der Waals surface area contributed by atoms with E-state index < -0.39 is 0 Å². The molecule has 0 aromatic carbocycles. The molecule has 0 radical (unpaired) electrons. The Balaban J connectivity index is 2.44. The van der Waals surface area contributed by atoms with Crippen molar-refractivity contribution in [1.82, 2.24) is 4.98 Å². The Labute approximate surface area is 65.6 Å². The Bertz CT molecular complexity index is 262. The van der Waals surface area contributed by atoms with E-state index in [9.17, 15) is 0 Å². The second-order valence-corrected chi connectivity index (χ2v) is 2.59. The predicted octanol–water partition coefficient (Wildman–Crippen LogP) is 1.01. The van der Waals surface area contributed by atoms with Crippen molar-refractivity contribution < 1.29 is 4.84 Å².